The summed E-state index contributed by atoms with van der Waals surface area (Å²) in [5.74, 6) is 0.0410. The van der Waals surface area contributed by atoms with Crippen molar-refractivity contribution in [1.82, 2.24) is 19.9 Å². The van der Waals surface area contributed by atoms with Crippen molar-refractivity contribution in [1.29, 1.82) is 0 Å². The van der Waals surface area contributed by atoms with E-state index >= 15 is 0 Å². The van der Waals surface area contributed by atoms with Gasteiger partial charge in [0.2, 0.25) is 0 Å². The molecule has 1 fully saturated rings. The molecular weight excluding hydrogens is 329 g/mol. The molecule has 0 radical (unpaired) electrons. The molecule has 0 bridgehead atoms. The Morgan fingerprint density at radius 2 is 1.73 bits per heavy atom. The minimum atomic E-state index is -0.348. The molecule has 1 aromatic carbocycles. The molecule has 0 spiro atoms. The lowest BCUT2D eigenvalue weighted by molar-refractivity contribution is 0.248. The van der Waals surface area contributed by atoms with Gasteiger partial charge >= 0.3 is 0 Å². The van der Waals surface area contributed by atoms with E-state index in [-0.39, 0.29) is 5.82 Å². The van der Waals surface area contributed by atoms with Crippen LogP contribution in [-0.4, -0.2) is 46.0 Å². The van der Waals surface area contributed by atoms with E-state index in [0.29, 0.717) is 11.5 Å². The lowest BCUT2D eigenvalue weighted by Crippen LogP contribution is -2.46. The van der Waals surface area contributed by atoms with Gasteiger partial charge in [0.05, 0.1) is 0 Å². The first-order chi connectivity index (χ1) is 12.8. The second kappa shape index (κ2) is 7.58. The van der Waals surface area contributed by atoms with Gasteiger partial charge in [0.25, 0.3) is 0 Å². The molecule has 132 valence electrons. The molecule has 0 atom stereocenters. The molecule has 3 heterocycles. The predicted octanol–water partition coefficient (Wildman–Crippen LogP) is 3.00. The number of pyridine rings is 1. The van der Waals surface area contributed by atoms with Gasteiger partial charge in [-0.15, -0.1) is 0 Å². The van der Waals surface area contributed by atoms with E-state index in [1.807, 2.05) is 47.5 Å². The highest BCUT2D eigenvalue weighted by Crippen LogP contribution is 2.26. The summed E-state index contributed by atoms with van der Waals surface area (Å²) in [4.78, 5) is 16.9. The molecule has 4 rings (SSSR count). The molecule has 5 nitrogen and oxygen atoms in total. The van der Waals surface area contributed by atoms with Crippen molar-refractivity contribution in [2.45, 2.75) is 6.54 Å². The van der Waals surface area contributed by atoms with Crippen molar-refractivity contribution >= 4 is 5.82 Å². The Bertz CT molecular complexity index is 849. The quantitative estimate of drug-likeness (QED) is 0.725. The minimum absolute atomic E-state index is 0.348. The highest BCUT2D eigenvalue weighted by Gasteiger charge is 2.23. The first-order valence-electron chi connectivity index (χ1n) is 8.73. The fraction of sp³-hybridized carbons (Fsp3) is 0.250. The lowest BCUT2D eigenvalue weighted by Gasteiger charge is -2.35. The maximum atomic E-state index is 15.0. The van der Waals surface area contributed by atoms with Gasteiger partial charge in [-0.3, -0.25) is 9.88 Å². The summed E-state index contributed by atoms with van der Waals surface area (Å²) < 4.78 is 15.0. The van der Waals surface area contributed by atoms with Gasteiger partial charge < -0.3 is 4.90 Å². The van der Waals surface area contributed by atoms with Crippen molar-refractivity contribution in [3.05, 3.63) is 72.6 Å². The Morgan fingerprint density at radius 1 is 0.923 bits per heavy atom. The van der Waals surface area contributed by atoms with Crippen molar-refractivity contribution in [2.24, 2.45) is 0 Å². The summed E-state index contributed by atoms with van der Waals surface area (Å²) in [6, 6.07) is 13.4. The second-order valence-electron chi connectivity index (χ2n) is 6.35. The number of nitrogens with zero attached hydrogens (tertiary/aromatic N) is 5. The third-order valence-corrected chi connectivity index (χ3v) is 4.62. The van der Waals surface area contributed by atoms with Crippen molar-refractivity contribution in [2.75, 3.05) is 31.1 Å². The standard InChI is InChI=1S/C20H20FN5/c21-18-19(17-6-2-1-3-7-17)23-15-24-20(18)26-11-9-25(10-12-26)14-16-5-4-8-22-13-16/h1-8,13,15H,9-12,14H2. The molecule has 1 aliphatic heterocycles. The Balaban J connectivity index is 1.46. The number of rotatable bonds is 4. The van der Waals surface area contributed by atoms with E-state index in [4.69, 9.17) is 0 Å². The molecule has 3 aromatic rings. The Labute approximate surface area is 152 Å². The molecule has 6 heteroatoms. The van der Waals surface area contributed by atoms with E-state index in [2.05, 4.69) is 25.9 Å². The number of piperazine rings is 1. The average molecular weight is 349 g/mol. The number of aromatic nitrogens is 3. The van der Waals surface area contributed by atoms with E-state index in [1.165, 1.54) is 11.9 Å². The Kier molecular flexibility index (Phi) is 4.84. The highest BCUT2D eigenvalue weighted by atomic mass is 19.1. The summed E-state index contributed by atoms with van der Waals surface area (Å²) in [5.41, 5.74) is 2.32. The van der Waals surface area contributed by atoms with E-state index < -0.39 is 0 Å². The topological polar surface area (TPSA) is 45.2 Å². The molecule has 0 aliphatic carbocycles. The fourth-order valence-electron chi connectivity index (χ4n) is 3.25. The molecule has 1 saturated heterocycles. The summed E-state index contributed by atoms with van der Waals surface area (Å²) in [6.07, 6.45) is 5.12. The minimum Gasteiger partial charge on any atom is -0.352 e. The summed E-state index contributed by atoms with van der Waals surface area (Å²) in [7, 11) is 0. The normalized spacial score (nSPS) is 15.2. The van der Waals surface area contributed by atoms with Gasteiger partial charge in [-0.25, -0.2) is 14.4 Å². The fourth-order valence-corrected chi connectivity index (χ4v) is 3.25. The van der Waals surface area contributed by atoms with Crippen LogP contribution in [0, 0.1) is 5.82 Å². The number of hydrogen-bond acceptors (Lipinski definition) is 5. The number of anilines is 1. The zero-order valence-corrected chi connectivity index (χ0v) is 14.4. The van der Waals surface area contributed by atoms with Crippen LogP contribution < -0.4 is 4.90 Å². The van der Waals surface area contributed by atoms with Gasteiger partial charge in [-0.1, -0.05) is 36.4 Å². The predicted molar refractivity (Wildman–Crippen MR) is 99.2 cm³/mol. The molecule has 2 aromatic heterocycles. The summed E-state index contributed by atoms with van der Waals surface area (Å²) in [6.45, 7) is 4.06. The van der Waals surface area contributed by atoms with Crippen molar-refractivity contribution in [3.63, 3.8) is 0 Å². The zero-order chi connectivity index (χ0) is 17.8. The summed E-state index contributed by atoms with van der Waals surface area (Å²) in [5, 5.41) is 0. The molecule has 26 heavy (non-hydrogen) atoms. The van der Waals surface area contributed by atoms with Crippen LogP contribution in [0.4, 0.5) is 10.2 Å². The van der Waals surface area contributed by atoms with Gasteiger partial charge in [0, 0.05) is 50.7 Å². The number of halogens is 1. The van der Waals surface area contributed by atoms with Crippen molar-refractivity contribution < 1.29 is 4.39 Å². The van der Waals surface area contributed by atoms with Crippen LogP contribution in [0.5, 0.6) is 0 Å². The van der Waals surface area contributed by atoms with Gasteiger partial charge in [-0.2, -0.15) is 0 Å². The maximum Gasteiger partial charge on any atom is 0.191 e. The monoisotopic (exact) mass is 349 g/mol. The van der Waals surface area contributed by atoms with Gasteiger partial charge in [-0.05, 0) is 11.6 Å². The van der Waals surface area contributed by atoms with Crippen LogP contribution in [0.25, 0.3) is 11.3 Å². The third kappa shape index (κ3) is 3.55. The Morgan fingerprint density at radius 3 is 2.46 bits per heavy atom. The third-order valence-electron chi connectivity index (χ3n) is 4.62. The van der Waals surface area contributed by atoms with E-state index in [0.717, 1.165) is 38.3 Å². The highest BCUT2D eigenvalue weighted by molar-refractivity contribution is 5.63. The average Bonchev–Trinajstić information content (AvgIpc) is 2.70. The van der Waals surface area contributed by atoms with Crippen LogP contribution in [0.15, 0.2) is 61.2 Å². The van der Waals surface area contributed by atoms with Crippen molar-refractivity contribution in [3.8, 4) is 11.3 Å². The van der Waals surface area contributed by atoms with Crippen LogP contribution in [0.3, 0.4) is 0 Å². The van der Waals surface area contributed by atoms with Crippen LogP contribution in [-0.2, 0) is 6.54 Å². The first-order valence-corrected chi connectivity index (χ1v) is 8.73. The van der Waals surface area contributed by atoms with Crippen LogP contribution in [0.1, 0.15) is 5.56 Å². The molecular formula is C20H20FN5. The molecule has 0 saturated carbocycles. The number of benzene rings is 1. The molecule has 0 unspecified atom stereocenters. The van der Waals surface area contributed by atoms with E-state index in [9.17, 15) is 4.39 Å². The smallest absolute Gasteiger partial charge is 0.191 e. The summed E-state index contributed by atoms with van der Waals surface area (Å²) >= 11 is 0. The van der Waals surface area contributed by atoms with Crippen LogP contribution in [0.2, 0.25) is 0 Å². The zero-order valence-electron chi connectivity index (χ0n) is 14.4. The van der Waals surface area contributed by atoms with Gasteiger partial charge in [0.15, 0.2) is 11.6 Å². The largest absolute Gasteiger partial charge is 0.352 e. The van der Waals surface area contributed by atoms with Gasteiger partial charge in [0.1, 0.15) is 12.0 Å². The molecule has 0 amide bonds. The number of hydrogen-bond donors (Lipinski definition) is 0. The first kappa shape index (κ1) is 16.6. The SMILES string of the molecule is Fc1c(-c2ccccc2)ncnc1N1CCN(Cc2cccnc2)CC1. The Hall–Kier alpha value is -2.86. The maximum absolute atomic E-state index is 15.0. The molecule has 1 aliphatic rings. The lowest BCUT2D eigenvalue weighted by atomic mass is 10.1. The second-order valence-corrected chi connectivity index (χ2v) is 6.35. The van der Waals surface area contributed by atoms with Crippen LogP contribution >= 0.6 is 0 Å². The van der Waals surface area contributed by atoms with E-state index in [1.54, 1.807) is 6.20 Å². The molecule has 0 N–H and O–H groups in total.